The molecule has 8 heteroatoms. The number of anilines is 1. The maximum Gasteiger partial charge on any atom is 0.261 e. The maximum atomic E-state index is 14.7. The third kappa shape index (κ3) is 3.22. The van der Waals surface area contributed by atoms with Crippen molar-refractivity contribution in [2.24, 2.45) is 5.92 Å². The molecule has 2 fully saturated rings. The molecular weight excluding hydrogens is 385 g/mol. The van der Waals surface area contributed by atoms with Gasteiger partial charge in [0.05, 0.1) is 17.2 Å². The molecule has 2 aliphatic rings. The largest absolute Gasteiger partial charge is 0.365 e. The van der Waals surface area contributed by atoms with Gasteiger partial charge in [0.2, 0.25) is 0 Å². The van der Waals surface area contributed by atoms with E-state index in [4.69, 9.17) is 4.52 Å². The Morgan fingerprint density at radius 1 is 1.23 bits per heavy atom. The van der Waals surface area contributed by atoms with Gasteiger partial charge in [0.15, 0.2) is 5.82 Å². The van der Waals surface area contributed by atoms with Crippen LogP contribution in [0.5, 0.6) is 0 Å². The zero-order chi connectivity index (χ0) is 20.8. The number of piperidine rings is 1. The summed E-state index contributed by atoms with van der Waals surface area (Å²) in [4.78, 5) is 23.9. The predicted molar refractivity (Wildman–Crippen MR) is 108 cm³/mol. The number of fused-ring (bicyclic) bond motifs is 2. The molecule has 1 aromatic carbocycles. The van der Waals surface area contributed by atoms with E-state index in [1.54, 1.807) is 13.0 Å². The van der Waals surface area contributed by atoms with Crippen molar-refractivity contribution in [2.45, 2.75) is 38.8 Å². The second-order valence-electron chi connectivity index (χ2n) is 8.14. The van der Waals surface area contributed by atoms with Gasteiger partial charge in [-0.15, -0.1) is 0 Å². The third-order valence-corrected chi connectivity index (χ3v) is 5.97. The Labute approximate surface area is 173 Å². The molecule has 0 radical (unpaired) electrons. The molecule has 1 N–H and O–H groups in total. The fourth-order valence-corrected chi connectivity index (χ4v) is 4.63. The summed E-state index contributed by atoms with van der Waals surface area (Å²) in [5.41, 5.74) is 1.41. The predicted octanol–water partition coefficient (Wildman–Crippen LogP) is 3.60. The number of aryl methyl sites for hydroxylation is 2. The SMILES string of the molecule is Cc1ccc(NC2CC3CC2N(C(=O)c2cccc(F)c2-c2nc(C)no2)C3)nc1. The molecule has 1 saturated carbocycles. The Hall–Kier alpha value is -3.29. The summed E-state index contributed by atoms with van der Waals surface area (Å²) < 4.78 is 19.8. The number of rotatable bonds is 4. The molecule has 0 spiro atoms. The molecule has 1 saturated heterocycles. The summed E-state index contributed by atoms with van der Waals surface area (Å²) in [5.74, 6) is 0.880. The van der Waals surface area contributed by atoms with Gasteiger partial charge in [-0.1, -0.05) is 17.3 Å². The quantitative estimate of drug-likeness (QED) is 0.711. The second kappa shape index (κ2) is 7.19. The lowest BCUT2D eigenvalue weighted by molar-refractivity contribution is 0.0692. The highest BCUT2D eigenvalue weighted by atomic mass is 19.1. The van der Waals surface area contributed by atoms with Crippen LogP contribution in [0.3, 0.4) is 0 Å². The van der Waals surface area contributed by atoms with E-state index in [2.05, 4.69) is 20.4 Å². The highest BCUT2D eigenvalue weighted by molar-refractivity contribution is 6.00. The van der Waals surface area contributed by atoms with Crippen LogP contribution in [0.4, 0.5) is 10.2 Å². The minimum Gasteiger partial charge on any atom is -0.365 e. The fraction of sp³-hybridized carbons (Fsp3) is 0.364. The number of likely N-dealkylation sites (tertiary alicyclic amines) is 1. The number of carbonyl (C=O) groups excluding carboxylic acids is 1. The van der Waals surface area contributed by atoms with Crippen molar-refractivity contribution in [3.05, 3.63) is 59.3 Å². The monoisotopic (exact) mass is 407 g/mol. The molecule has 3 heterocycles. The van der Waals surface area contributed by atoms with Crippen LogP contribution in [-0.4, -0.2) is 44.6 Å². The molecule has 1 aliphatic carbocycles. The van der Waals surface area contributed by atoms with E-state index in [-0.39, 0.29) is 35.0 Å². The van der Waals surface area contributed by atoms with E-state index in [9.17, 15) is 9.18 Å². The molecule has 154 valence electrons. The van der Waals surface area contributed by atoms with Crippen molar-refractivity contribution in [1.29, 1.82) is 0 Å². The van der Waals surface area contributed by atoms with Crippen LogP contribution in [0, 0.1) is 25.6 Å². The summed E-state index contributed by atoms with van der Waals surface area (Å²) in [7, 11) is 0. The minimum absolute atomic E-state index is 0.0248. The first-order chi connectivity index (χ1) is 14.5. The van der Waals surface area contributed by atoms with Crippen molar-refractivity contribution in [1.82, 2.24) is 20.0 Å². The smallest absolute Gasteiger partial charge is 0.261 e. The zero-order valence-electron chi connectivity index (χ0n) is 16.8. The molecule has 3 unspecified atom stereocenters. The lowest BCUT2D eigenvalue weighted by atomic mass is 10.0. The Bertz CT molecular complexity index is 1100. The molecule has 7 nitrogen and oxygen atoms in total. The highest BCUT2D eigenvalue weighted by Gasteiger charge is 2.47. The topological polar surface area (TPSA) is 84.2 Å². The number of nitrogens with zero attached hydrogens (tertiary/aromatic N) is 4. The Balaban J connectivity index is 1.42. The van der Waals surface area contributed by atoms with E-state index >= 15 is 0 Å². The van der Waals surface area contributed by atoms with Crippen LogP contribution >= 0.6 is 0 Å². The normalized spacial score (nSPS) is 22.5. The Kier molecular flexibility index (Phi) is 4.49. The van der Waals surface area contributed by atoms with Gasteiger partial charge in [-0.2, -0.15) is 4.98 Å². The minimum atomic E-state index is -0.549. The zero-order valence-corrected chi connectivity index (χ0v) is 16.8. The standard InChI is InChI=1S/C22H22FN5O2/c1-12-6-7-19(24-10-12)26-17-8-14-9-18(17)28(11-14)22(29)15-4-3-5-16(23)20(15)21-25-13(2)27-30-21/h3-7,10,14,17-18H,8-9,11H2,1-2H3,(H,24,26). The van der Waals surface area contributed by atoms with Gasteiger partial charge in [0.25, 0.3) is 11.8 Å². The van der Waals surface area contributed by atoms with Gasteiger partial charge in [-0.25, -0.2) is 9.37 Å². The van der Waals surface area contributed by atoms with Crippen molar-refractivity contribution >= 4 is 11.7 Å². The van der Waals surface area contributed by atoms with Crippen molar-refractivity contribution < 1.29 is 13.7 Å². The van der Waals surface area contributed by atoms with E-state index in [0.717, 1.165) is 24.2 Å². The molecule has 1 aliphatic heterocycles. The number of halogens is 1. The van der Waals surface area contributed by atoms with E-state index in [1.165, 1.54) is 12.1 Å². The van der Waals surface area contributed by atoms with Gasteiger partial charge < -0.3 is 14.7 Å². The number of nitrogens with one attached hydrogen (secondary N) is 1. The number of pyridine rings is 1. The summed E-state index contributed by atoms with van der Waals surface area (Å²) >= 11 is 0. The summed E-state index contributed by atoms with van der Waals surface area (Å²) in [5, 5.41) is 7.22. The van der Waals surface area contributed by atoms with E-state index in [1.807, 2.05) is 30.2 Å². The van der Waals surface area contributed by atoms with Crippen molar-refractivity contribution in [3.63, 3.8) is 0 Å². The number of aromatic nitrogens is 3. The number of amides is 1. The first-order valence-electron chi connectivity index (χ1n) is 10.1. The van der Waals surface area contributed by atoms with Crippen LogP contribution < -0.4 is 5.32 Å². The summed E-state index contributed by atoms with van der Waals surface area (Å²) in [6.07, 6.45) is 3.74. The lowest BCUT2D eigenvalue weighted by Gasteiger charge is -2.34. The van der Waals surface area contributed by atoms with Crippen LogP contribution in [0.25, 0.3) is 11.5 Å². The van der Waals surface area contributed by atoms with Crippen LogP contribution in [-0.2, 0) is 0 Å². The third-order valence-electron chi connectivity index (χ3n) is 5.97. The lowest BCUT2D eigenvalue weighted by Crippen LogP contribution is -2.47. The summed E-state index contributed by atoms with van der Waals surface area (Å²) in [6.45, 7) is 4.32. The first kappa shape index (κ1) is 18.7. The first-order valence-corrected chi connectivity index (χ1v) is 10.1. The van der Waals surface area contributed by atoms with Gasteiger partial charge in [-0.05, 0) is 56.4 Å². The summed E-state index contributed by atoms with van der Waals surface area (Å²) in [6, 6.07) is 8.57. The van der Waals surface area contributed by atoms with E-state index in [0.29, 0.717) is 18.3 Å². The van der Waals surface area contributed by atoms with Crippen molar-refractivity contribution in [2.75, 3.05) is 11.9 Å². The van der Waals surface area contributed by atoms with Crippen LogP contribution in [0.2, 0.25) is 0 Å². The molecule has 30 heavy (non-hydrogen) atoms. The molecule has 2 aromatic heterocycles. The molecule has 3 atom stereocenters. The van der Waals surface area contributed by atoms with Crippen LogP contribution in [0.1, 0.15) is 34.6 Å². The van der Waals surface area contributed by atoms with Crippen molar-refractivity contribution in [3.8, 4) is 11.5 Å². The molecule has 3 aromatic rings. The number of benzene rings is 1. The van der Waals surface area contributed by atoms with Crippen LogP contribution in [0.15, 0.2) is 41.1 Å². The van der Waals surface area contributed by atoms with Gasteiger partial charge in [-0.3, -0.25) is 4.79 Å². The van der Waals surface area contributed by atoms with Gasteiger partial charge in [0, 0.05) is 18.8 Å². The molecule has 2 bridgehead atoms. The second-order valence-corrected chi connectivity index (χ2v) is 8.14. The van der Waals surface area contributed by atoms with Gasteiger partial charge >= 0.3 is 0 Å². The Morgan fingerprint density at radius 3 is 2.80 bits per heavy atom. The van der Waals surface area contributed by atoms with E-state index < -0.39 is 5.82 Å². The fourth-order valence-electron chi connectivity index (χ4n) is 4.63. The average Bonchev–Trinajstić information content (AvgIpc) is 3.44. The van der Waals surface area contributed by atoms with Gasteiger partial charge in [0.1, 0.15) is 11.6 Å². The molecule has 5 rings (SSSR count). The molecular formula is C22H22FN5O2. The maximum absolute atomic E-state index is 14.7. The number of hydrogen-bond donors (Lipinski definition) is 1. The highest BCUT2D eigenvalue weighted by Crippen LogP contribution is 2.40. The average molecular weight is 407 g/mol. The molecule has 1 amide bonds. The number of hydrogen-bond acceptors (Lipinski definition) is 6. The Morgan fingerprint density at radius 2 is 2.10 bits per heavy atom. The number of carbonyl (C=O) groups is 1.